The molecule has 0 radical (unpaired) electrons. The largest absolute Gasteiger partial charge is 0.241 e. The number of aromatic nitrogens is 4. The normalized spacial score (nSPS) is 12.8. The molecule has 108 valence electrons. The number of aryl methyl sites for hydroxylation is 1. The summed E-state index contributed by atoms with van der Waals surface area (Å²) in [6, 6.07) is 18.4. The lowest BCUT2D eigenvalue weighted by Crippen LogP contribution is -2.09. The summed E-state index contributed by atoms with van der Waals surface area (Å²) in [5.74, 6) is 0. The van der Waals surface area contributed by atoms with Gasteiger partial charge in [0.1, 0.15) is 5.52 Å². The Hall–Kier alpha value is -2.75. The van der Waals surface area contributed by atoms with Crippen molar-refractivity contribution in [2.45, 2.75) is 19.9 Å². The summed E-state index contributed by atoms with van der Waals surface area (Å²) < 4.78 is 1.97. The number of rotatable bonds is 2. The zero-order valence-corrected chi connectivity index (χ0v) is 12.6. The molecular formula is C18H16N4. The first-order valence-corrected chi connectivity index (χ1v) is 7.40. The fourth-order valence-electron chi connectivity index (χ4n) is 2.79. The van der Waals surface area contributed by atoms with E-state index in [9.17, 15) is 0 Å². The molecule has 22 heavy (non-hydrogen) atoms. The Labute approximate surface area is 128 Å². The minimum Gasteiger partial charge on any atom is -0.241 e. The van der Waals surface area contributed by atoms with E-state index in [1.165, 1.54) is 5.56 Å². The quantitative estimate of drug-likeness (QED) is 0.562. The van der Waals surface area contributed by atoms with Crippen LogP contribution in [0.4, 0.5) is 0 Å². The van der Waals surface area contributed by atoms with Crippen LogP contribution in [0.25, 0.3) is 22.2 Å². The molecule has 0 unspecified atom stereocenters. The van der Waals surface area contributed by atoms with Crippen LogP contribution in [0, 0.1) is 6.92 Å². The van der Waals surface area contributed by atoms with Crippen molar-refractivity contribution in [2.75, 3.05) is 0 Å². The van der Waals surface area contributed by atoms with Gasteiger partial charge in [0.15, 0.2) is 5.65 Å². The van der Waals surface area contributed by atoms with Crippen molar-refractivity contribution in [3.8, 4) is 0 Å². The van der Waals surface area contributed by atoms with Crippen LogP contribution < -0.4 is 0 Å². The van der Waals surface area contributed by atoms with Crippen molar-refractivity contribution < 1.29 is 0 Å². The van der Waals surface area contributed by atoms with Gasteiger partial charge in [-0.2, -0.15) is 5.10 Å². The first kappa shape index (κ1) is 13.0. The maximum atomic E-state index is 4.78. The van der Waals surface area contributed by atoms with E-state index in [4.69, 9.17) is 9.97 Å². The van der Waals surface area contributed by atoms with E-state index in [1.54, 1.807) is 0 Å². The second-order valence-corrected chi connectivity index (χ2v) is 5.50. The molecule has 2 aromatic carbocycles. The molecule has 4 aromatic rings. The zero-order chi connectivity index (χ0) is 15.1. The molecular weight excluding hydrogens is 272 g/mol. The molecule has 0 aliphatic rings. The number of nitrogens with zero attached hydrogens (tertiary/aromatic N) is 4. The van der Waals surface area contributed by atoms with Gasteiger partial charge < -0.3 is 0 Å². The average molecular weight is 288 g/mol. The number of hydrogen-bond donors (Lipinski definition) is 0. The Morgan fingerprint density at radius 1 is 0.864 bits per heavy atom. The molecule has 0 aliphatic heterocycles. The minimum absolute atomic E-state index is 0.118. The monoisotopic (exact) mass is 288 g/mol. The summed E-state index contributed by atoms with van der Waals surface area (Å²) in [5, 5.41) is 4.68. The van der Waals surface area contributed by atoms with E-state index in [0.717, 1.165) is 27.9 Å². The van der Waals surface area contributed by atoms with Crippen molar-refractivity contribution in [3.05, 3.63) is 65.9 Å². The number of fused-ring (bicyclic) bond motifs is 2. The molecule has 0 amide bonds. The lowest BCUT2D eigenvalue weighted by molar-refractivity contribution is 0.575. The molecule has 0 N–H and O–H groups in total. The van der Waals surface area contributed by atoms with Gasteiger partial charge in [0.25, 0.3) is 0 Å². The van der Waals surface area contributed by atoms with Gasteiger partial charge in [-0.25, -0.2) is 14.6 Å². The van der Waals surface area contributed by atoms with Gasteiger partial charge in [0, 0.05) is 0 Å². The molecule has 0 spiro atoms. The molecule has 4 nitrogen and oxygen atoms in total. The highest BCUT2D eigenvalue weighted by atomic mass is 15.3. The molecule has 0 saturated heterocycles. The van der Waals surface area contributed by atoms with Crippen LogP contribution in [-0.2, 0) is 0 Å². The Morgan fingerprint density at radius 3 is 2.23 bits per heavy atom. The molecule has 4 heteroatoms. The summed E-state index contributed by atoms with van der Waals surface area (Å²) in [6.07, 6.45) is 0. The Bertz CT molecular complexity index is 957. The third-order valence-electron chi connectivity index (χ3n) is 4.02. The van der Waals surface area contributed by atoms with Crippen LogP contribution in [0.1, 0.15) is 24.2 Å². The Kier molecular flexibility index (Phi) is 2.89. The lowest BCUT2D eigenvalue weighted by Gasteiger charge is -2.13. The molecule has 0 aliphatic carbocycles. The second kappa shape index (κ2) is 4.91. The standard InChI is InChI=1S/C18H16N4/c1-12-17-18(20-16-11-7-6-10-15(16)19-17)22(21-12)13(2)14-8-4-3-5-9-14/h3-11,13H,1-2H3/t13-/m0/s1. The Balaban J connectivity index is 1.96. The highest BCUT2D eigenvalue weighted by molar-refractivity contribution is 5.85. The van der Waals surface area contributed by atoms with Crippen LogP contribution in [0.15, 0.2) is 54.6 Å². The van der Waals surface area contributed by atoms with Gasteiger partial charge in [0.05, 0.1) is 22.8 Å². The molecule has 4 rings (SSSR count). The summed E-state index contributed by atoms with van der Waals surface area (Å²) in [7, 11) is 0. The predicted octanol–water partition coefficient (Wildman–Crippen LogP) is 3.90. The molecule has 2 aromatic heterocycles. The first-order chi connectivity index (χ1) is 10.7. The topological polar surface area (TPSA) is 43.6 Å². The fourth-order valence-corrected chi connectivity index (χ4v) is 2.79. The summed E-state index contributed by atoms with van der Waals surface area (Å²) in [5.41, 5.74) is 5.65. The van der Waals surface area contributed by atoms with Crippen LogP contribution in [0.3, 0.4) is 0 Å². The highest BCUT2D eigenvalue weighted by Gasteiger charge is 2.17. The zero-order valence-electron chi connectivity index (χ0n) is 12.6. The van der Waals surface area contributed by atoms with E-state index in [-0.39, 0.29) is 6.04 Å². The Morgan fingerprint density at radius 2 is 1.50 bits per heavy atom. The van der Waals surface area contributed by atoms with Crippen LogP contribution in [-0.4, -0.2) is 19.7 Å². The van der Waals surface area contributed by atoms with Crippen molar-refractivity contribution in [1.29, 1.82) is 0 Å². The average Bonchev–Trinajstić information content (AvgIpc) is 2.89. The highest BCUT2D eigenvalue weighted by Crippen LogP contribution is 2.24. The van der Waals surface area contributed by atoms with Crippen LogP contribution in [0.5, 0.6) is 0 Å². The smallest absolute Gasteiger partial charge is 0.178 e. The van der Waals surface area contributed by atoms with Gasteiger partial charge in [-0.3, -0.25) is 0 Å². The van der Waals surface area contributed by atoms with E-state index in [1.807, 2.05) is 54.1 Å². The first-order valence-electron chi connectivity index (χ1n) is 7.40. The third kappa shape index (κ3) is 1.96. The maximum absolute atomic E-state index is 4.78. The molecule has 0 saturated carbocycles. The van der Waals surface area contributed by atoms with Crippen LogP contribution in [0.2, 0.25) is 0 Å². The van der Waals surface area contributed by atoms with Gasteiger partial charge >= 0.3 is 0 Å². The molecule has 2 heterocycles. The van der Waals surface area contributed by atoms with Gasteiger partial charge in [0.2, 0.25) is 0 Å². The van der Waals surface area contributed by atoms with Crippen molar-refractivity contribution in [3.63, 3.8) is 0 Å². The number of hydrogen-bond acceptors (Lipinski definition) is 3. The van der Waals surface area contributed by atoms with Gasteiger partial charge in [-0.15, -0.1) is 0 Å². The fraction of sp³-hybridized carbons (Fsp3) is 0.167. The maximum Gasteiger partial charge on any atom is 0.178 e. The molecule has 0 fully saturated rings. The van der Waals surface area contributed by atoms with Gasteiger partial charge in [-0.05, 0) is 31.5 Å². The van der Waals surface area contributed by atoms with Crippen molar-refractivity contribution >= 4 is 22.2 Å². The summed E-state index contributed by atoms with van der Waals surface area (Å²) in [4.78, 5) is 9.51. The van der Waals surface area contributed by atoms with Crippen molar-refractivity contribution in [1.82, 2.24) is 19.7 Å². The molecule has 1 atom stereocenters. The minimum atomic E-state index is 0.118. The van der Waals surface area contributed by atoms with E-state index in [0.29, 0.717) is 0 Å². The van der Waals surface area contributed by atoms with Gasteiger partial charge in [-0.1, -0.05) is 42.5 Å². The number of para-hydroxylation sites is 2. The summed E-state index contributed by atoms with van der Waals surface area (Å²) in [6.45, 7) is 4.12. The third-order valence-corrected chi connectivity index (χ3v) is 4.02. The number of benzene rings is 2. The second-order valence-electron chi connectivity index (χ2n) is 5.50. The molecule has 0 bridgehead atoms. The van der Waals surface area contributed by atoms with E-state index in [2.05, 4.69) is 24.2 Å². The van der Waals surface area contributed by atoms with E-state index >= 15 is 0 Å². The van der Waals surface area contributed by atoms with Crippen LogP contribution >= 0.6 is 0 Å². The lowest BCUT2D eigenvalue weighted by atomic mass is 10.1. The van der Waals surface area contributed by atoms with Crippen molar-refractivity contribution in [2.24, 2.45) is 0 Å². The SMILES string of the molecule is Cc1nn([C@@H](C)c2ccccc2)c2nc3ccccc3nc12. The predicted molar refractivity (Wildman–Crippen MR) is 87.8 cm³/mol. The van der Waals surface area contributed by atoms with E-state index < -0.39 is 0 Å². The summed E-state index contributed by atoms with van der Waals surface area (Å²) >= 11 is 0.